The molecule has 6 heteroatoms. The molecule has 160 valence electrons. The molecule has 3 fully saturated rings. The largest absolute Gasteiger partial charge is 0.342 e. The van der Waals surface area contributed by atoms with Gasteiger partial charge in [0.25, 0.3) is 0 Å². The molecule has 0 spiro atoms. The number of nitrogens with zero attached hydrogens (tertiary/aromatic N) is 4. The lowest BCUT2D eigenvalue weighted by atomic mass is 9.92. The molecular weight excluding hydrogens is 362 g/mol. The lowest BCUT2D eigenvalue weighted by Gasteiger charge is -2.43. The van der Waals surface area contributed by atoms with Gasteiger partial charge in [-0.2, -0.15) is 0 Å². The van der Waals surface area contributed by atoms with Crippen molar-refractivity contribution < 1.29 is 4.79 Å². The van der Waals surface area contributed by atoms with E-state index in [9.17, 15) is 4.79 Å². The Bertz CT molecular complexity index is 638. The molecule has 1 amide bonds. The predicted octanol–water partition coefficient (Wildman–Crippen LogP) is 1.97. The summed E-state index contributed by atoms with van der Waals surface area (Å²) in [4.78, 5) is 24.7. The number of carbonyl (C=O) groups is 1. The van der Waals surface area contributed by atoms with Crippen LogP contribution in [0.25, 0.3) is 0 Å². The van der Waals surface area contributed by atoms with E-state index in [0.29, 0.717) is 18.0 Å². The molecule has 1 aromatic rings. The highest BCUT2D eigenvalue weighted by molar-refractivity contribution is 5.79. The average molecular weight is 400 g/mol. The molecule has 4 rings (SSSR count). The number of hydrogen-bond acceptors (Lipinski definition) is 5. The molecule has 0 aliphatic carbocycles. The van der Waals surface area contributed by atoms with Crippen LogP contribution in [0.5, 0.6) is 0 Å². The highest BCUT2D eigenvalue weighted by Crippen LogP contribution is 2.26. The monoisotopic (exact) mass is 399 g/mol. The highest BCUT2D eigenvalue weighted by atomic mass is 16.2. The van der Waals surface area contributed by atoms with Crippen molar-refractivity contribution in [3.63, 3.8) is 0 Å². The van der Waals surface area contributed by atoms with Gasteiger partial charge in [0.15, 0.2) is 0 Å². The van der Waals surface area contributed by atoms with Crippen LogP contribution in [0, 0.1) is 5.92 Å². The van der Waals surface area contributed by atoms with E-state index in [4.69, 9.17) is 0 Å². The Kier molecular flexibility index (Phi) is 7.16. The van der Waals surface area contributed by atoms with Crippen molar-refractivity contribution in [1.82, 2.24) is 25.0 Å². The number of amides is 1. The van der Waals surface area contributed by atoms with Crippen LogP contribution in [0.2, 0.25) is 0 Å². The third-order valence-corrected chi connectivity index (χ3v) is 7.22. The third-order valence-electron chi connectivity index (χ3n) is 7.22. The smallest absolute Gasteiger partial charge is 0.226 e. The minimum absolute atomic E-state index is 0.211. The molecule has 6 nitrogen and oxygen atoms in total. The molecule has 3 saturated heterocycles. The van der Waals surface area contributed by atoms with Crippen LogP contribution >= 0.6 is 0 Å². The van der Waals surface area contributed by atoms with E-state index in [2.05, 4.69) is 31.1 Å². The van der Waals surface area contributed by atoms with Crippen molar-refractivity contribution >= 4 is 5.91 Å². The van der Waals surface area contributed by atoms with Gasteiger partial charge in [-0.25, -0.2) is 0 Å². The second-order valence-electron chi connectivity index (χ2n) is 9.09. The maximum absolute atomic E-state index is 13.1. The number of nitrogens with one attached hydrogen (secondary N) is 1. The summed E-state index contributed by atoms with van der Waals surface area (Å²) in [6.07, 6.45) is 10.7. The predicted molar refractivity (Wildman–Crippen MR) is 115 cm³/mol. The van der Waals surface area contributed by atoms with Crippen LogP contribution in [0.1, 0.15) is 44.1 Å². The summed E-state index contributed by atoms with van der Waals surface area (Å²) in [7, 11) is 2.03. The Morgan fingerprint density at radius 3 is 2.59 bits per heavy atom. The van der Waals surface area contributed by atoms with E-state index in [1.54, 1.807) is 0 Å². The van der Waals surface area contributed by atoms with Crippen LogP contribution in [-0.4, -0.2) is 84.0 Å². The van der Waals surface area contributed by atoms with Gasteiger partial charge in [0.05, 0.1) is 5.92 Å². The second-order valence-corrected chi connectivity index (χ2v) is 9.09. The summed E-state index contributed by atoms with van der Waals surface area (Å²) < 4.78 is 0. The number of rotatable bonds is 5. The molecule has 0 saturated carbocycles. The van der Waals surface area contributed by atoms with Gasteiger partial charge in [0, 0.05) is 50.7 Å². The quantitative estimate of drug-likeness (QED) is 0.820. The van der Waals surface area contributed by atoms with Crippen LogP contribution in [0.3, 0.4) is 0 Å². The van der Waals surface area contributed by atoms with Gasteiger partial charge in [-0.1, -0.05) is 6.07 Å². The molecule has 29 heavy (non-hydrogen) atoms. The van der Waals surface area contributed by atoms with E-state index >= 15 is 0 Å². The van der Waals surface area contributed by atoms with Crippen molar-refractivity contribution in [3.05, 3.63) is 30.1 Å². The summed E-state index contributed by atoms with van der Waals surface area (Å²) >= 11 is 0. The first-order valence-electron chi connectivity index (χ1n) is 11.5. The third kappa shape index (κ3) is 5.36. The van der Waals surface area contributed by atoms with Crippen molar-refractivity contribution in [3.8, 4) is 0 Å². The minimum Gasteiger partial charge on any atom is -0.342 e. The molecule has 0 aromatic carbocycles. The first-order valence-corrected chi connectivity index (χ1v) is 11.5. The second kappa shape index (κ2) is 10.0. The number of hydrogen-bond donors (Lipinski definition) is 1. The summed E-state index contributed by atoms with van der Waals surface area (Å²) in [6.45, 7) is 7.28. The summed E-state index contributed by atoms with van der Waals surface area (Å²) in [5.41, 5.74) is 1.30. The fraction of sp³-hybridized carbons (Fsp3) is 0.739. The molecule has 3 aliphatic rings. The Balaban J connectivity index is 1.24. The highest BCUT2D eigenvalue weighted by Gasteiger charge is 2.34. The van der Waals surface area contributed by atoms with Crippen LogP contribution in [0.15, 0.2) is 24.5 Å². The normalized spacial score (nSPS) is 26.0. The zero-order valence-corrected chi connectivity index (χ0v) is 17.9. The zero-order valence-electron chi connectivity index (χ0n) is 17.9. The molecule has 1 N–H and O–H groups in total. The van der Waals surface area contributed by atoms with Crippen LogP contribution in [0.4, 0.5) is 0 Å². The Labute approximate surface area is 175 Å². The maximum Gasteiger partial charge on any atom is 0.226 e. The molecule has 1 atom stereocenters. The van der Waals surface area contributed by atoms with Gasteiger partial charge in [-0.3, -0.25) is 19.6 Å². The lowest BCUT2D eigenvalue weighted by Crippen LogP contribution is -2.52. The van der Waals surface area contributed by atoms with Gasteiger partial charge in [-0.15, -0.1) is 0 Å². The number of pyridine rings is 1. The molecule has 0 bridgehead atoms. The molecule has 3 aliphatic heterocycles. The molecule has 0 unspecified atom stereocenters. The molecule has 4 heterocycles. The average Bonchev–Trinajstić information content (AvgIpc) is 2.80. The van der Waals surface area contributed by atoms with E-state index in [1.807, 2.05) is 25.5 Å². The van der Waals surface area contributed by atoms with Crippen molar-refractivity contribution in [2.75, 3.05) is 46.3 Å². The van der Waals surface area contributed by atoms with Crippen molar-refractivity contribution in [2.45, 2.75) is 57.2 Å². The molecule has 0 radical (unpaired) electrons. The summed E-state index contributed by atoms with van der Waals surface area (Å²) in [5, 5.41) is 3.36. The fourth-order valence-corrected chi connectivity index (χ4v) is 5.38. The summed E-state index contributed by atoms with van der Waals surface area (Å²) in [5.74, 6) is 0.626. The van der Waals surface area contributed by atoms with Crippen molar-refractivity contribution in [1.29, 1.82) is 0 Å². The Morgan fingerprint density at radius 2 is 1.90 bits per heavy atom. The van der Waals surface area contributed by atoms with Gasteiger partial charge < -0.3 is 10.2 Å². The molecular formula is C23H37N5O. The standard InChI is InChI=1S/C23H37N5O/c1-24-21-6-14-27(15-7-21)23(29)20-5-3-11-28(18-20)22-8-12-26(13-9-22)17-19-4-2-10-25-16-19/h2,4,10,16,20-22,24H,3,5-9,11-15,17-18H2,1H3/t20-/m1/s1. The van der Waals surface area contributed by atoms with Crippen LogP contribution in [-0.2, 0) is 11.3 Å². The first kappa shape index (κ1) is 20.8. The van der Waals surface area contributed by atoms with E-state index in [0.717, 1.165) is 58.5 Å². The van der Waals surface area contributed by atoms with E-state index in [-0.39, 0.29) is 5.92 Å². The topological polar surface area (TPSA) is 51.7 Å². The Hall–Kier alpha value is -1.50. The van der Waals surface area contributed by atoms with Crippen molar-refractivity contribution in [2.24, 2.45) is 5.92 Å². The van der Waals surface area contributed by atoms with Gasteiger partial charge in [-0.05, 0) is 76.8 Å². The number of carbonyl (C=O) groups excluding carboxylic acids is 1. The van der Waals surface area contributed by atoms with Gasteiger partial charge >= 0.3 is 0 Å². The minimum atomic E-state index is 0.211. The van der Waals surface area contributed by atoms with Crippen LogP contribution < -0.4 is 5.32 Å². The summed E-state index contributed by atoms with van der Waals surface area (Å²) in [6, 6.07) is 5.41. The lowest BCUT2D eigenvalue weighted by molar-refractivity contribution is -0.139. The number of piperidine rings is 3. The van der Waals surface area contributed by atoms with Gasteiger partial charge in [0.2, 0.25) is 5.91 Å². The number of aromatic nitrogens is 1. The molecule has 1 aromatic heterocycles. The van der Waals surface area contributed by atoms with E-state index in [1.165, 1.54) is 31.4 Å². The van der Waals surface area contributed by atoms with Gasteiger partial charge in [0.1, 0.15) is 0 Å². The Morgan fingerprint density at radius 1 is 1.10 bits per heavy atom. The maximum atomic E-state index is 13.1. The first-order chi connectivity index (χ1) is 14.2. The van der Waals surface area contributed by atoms with E-state index < -0.39 is 0 Å². The SMILES string of the molecule is CNC1CCN(C(=O)[C@@H]2CCCN(C3CCN(Cc4cccnc4)CC3)C2)CC1. The zero-order chi connectivity index (χ0) is 20.1. The fourth-order valence-electron chi connectivity index (χ4n) is 5.38. The number of likely N-dealkylation sites (tertiary alicyclic amines) is 3.